The van der Waals surface area contributed by atoms with E-state index < -0.39 is 0 Å². The molecule has 1 fully saturated rings. The molecule has 2 aliphatic rings. The van der Waals surface area contributed by atoms with Crippen LogP contribution in [-0.4, -0.2) is 61.4 Å². The third-order valence-electron chi connectivity index (χ3n) is 7.93. The lowest BCUT2D eigenvalue weighted by molar-refractivity contribution is -0.116. The van der Waals surface area contributed by atoms with Gasteiger partial charge < -0.3 is 25.0 Å². The summed E-state index contributed by atoms with van der Waals surface area (Å²) >= 11 is 0. The molecule has 0 bridgehead atoms. The molecule has 2 N–H and O–H groups in total. The lowest BCUT2D eigenvalue weighted by Gasteiger charge is -2.26. The number of anilines is 3. The van der Waals surface area contributed by atoms with E-state index >= 15 is 0 Å². The number of ether oxygens (including phenoxy) is 2. The maximum absolute atomic E-state index is 13.1. The largest absolute Gasteiger partial charge is 0.461 e. The Morgan fingerprint density at radius 2 is 1.76 bits per heavy atom. The number of benzene rings is 3. The predicted octanol–water partition coefficient (Wildman–Crippen LogP) is 5.86. The number of hydrogen-bond donors (Lipinski definition) is 2. The summed E-state index contributed by atoms with van der Waals surface area (Å²) in [5, 5.41) is 7.91. The van der Waals surface area contributed by atoms with Crippen molar-refractivity contribution in [2.75, 3.05) is 55.1 Å². The van der Waals surface area contributed by atoms with Crippen LogP contribution in [-0.2, 0) is 14.9 Å². The fraction of sp³-hybridized carbons (Fsp3) is 0.303. The van der Waals surface area contributed by atoms with Crippen LogP contribution < -0.4 is 20.3 Å². The van der Waals surface area contributed by atoms with E-state index in [9.17, 15) is 9.59 Å². The fourth-order valence-electron chi connectivity index (χ4n) is 5.69. The lowest BCUT2D eigenvalue weighted by Crippen LogP contribution is -2.38. The number of carbonyl (C=O) groups is 2. The normalized spacial score (nSPS) is 16.2. The summed E-state index contributed by atoms with van der Waals surface area (Å²) < 4.78 is 11.3. The van der Waals surface area contributed by atoms with Gasteiger partial charge >= 0.3 is 6.03 Å². The third kappa shape index (κ3) is 5.66. The Morgan fingerprint density at radius 1 is 0.976 bits per heavy atom. The highest BCUT2D eigenvalue weighted by Gasteiger charge is 2.37. The van der Waals surface area contributed by atoms with E-state index in [1.165, 1.54) is 0 Å². The Hall–Kier alpha value is -4.47. The molecule has 0 aliphatic carbocycles. The molecule has 9 nitrogen and oxygen atoms in total. The second kappa shape index (κ2) is 11.4. The summed E-state index contributed by atoms with van der Waals surface area (Å²) in [6, 6.07) is 21.1. The van der Waals surface area contributed by atoms with E-state index in [0.717, 1.165) is 59.5 Å². The molecule has 0 unspecified atom stereocenters. The molecule has 4 aromatic rings. The van der Waals surface area contributed by atoms with Gasteiger partial charge in [-0.3, -0.25) is 9.69 Å². The average molecular weight is 566 g/mol. The SMILES string of the molecule is CC(=O)N1CC(C)(C)c2cc(NC(=O)Nc3ccc(-c4ccc(OCN5CCOCC5)nc4)c4ccccc34)ccc21. The number of fused-ring (bicyclic) bond motifs is 2. The molecule has 0 radical (unpaired) electrons. The van der Waals surface area contributed by atoms with Gasteiger partial charge in [-0.1, -0.05) is 44.2 Å². The molecule has 3 heterocycles. The summed E-state index contributed by atoms with van der Waals surface area (Å²) in [4.78, 5) is 33.7. The fourth-order valence-corrected chi connectivity index (χ4v) is 5.69. The summed E-state index contributed by atoms with van der Waals surface area (Å²) in [6.07, 6.45) is 1.82. The number of aromatic nitrogens is 1. The highest BCUT2D eigenvalue weighted by molar-refractivity contribution is 6.10. The molecule has 216 valence electrons. The van der Waals surface area contributed by atoms with Crippen LogP contribution in [0.25, 0.3) is 21.9 Å². The maximum Gasteiger partial charge on any atom is 0.323 e. The topological polar surface area (TPSA) is 96.0 Å². The van der Waals surface area contributed by atoms with Gasteiger partial charge in [0.05, 0.1) is 18.9 Å². The maximum atomic E-state index is 13.1. The van der Waals surface area contributed by atoms with Crippen molar-refractivity contribution in [1.29, 1.82) is 0 Å². The Balaban J connectivity index is 1.17. The van der Waals surface area contributed by atoms with E-state index in [0.29, 0.717) is 30.5 Å². The quantitative estimate of drug-likeness (QED) is 0.304. The van der Waals surface area contributed by atoms with Crippen molar-refractivity contribution in [3.8, 4) is 17.0 Å². The molecule has 0 spiro atoms. The monoisotopic (exact) mass is 565 g/mol. The van der Waals surface area contributed by atoms with E-state index in [-0.39, 0.29) is 17.4 Å². The molecule has 42 heavy (non-hydrogen) atoms. The molecule has 6 rings (SSSR count). The van der Waals surface area contributed by atoms with Crippen LogP contribution in [0, 0.1) is 0 Å². The molecule has 0 saturated carbocycles. The van der Waals surface area contributed by atoms with Crippen molar-refractivity contribution in [2.24, 2.45) is 0 Å². The average Bonchev–Trinajstić information content (AvgIpc) is 3.27. The number of nitrogens with zero attached hydrogens (tertiary/aromatic N) is 3. The van der Waals surface area contributed by atoms with Crippen molar-refractivity contribution >= 4 is 39.8 Å². The Bertz CT molecular complexity index is 1630. The van der Waals surface area contributed by atoms with Gasteiger partial charge in [-0.25, -0.2) is 9.78 Å². The molecular formula is C33H35N5O4. The minimum Gasteiger partial charge on any atom is -0.461 e. The second-order valence-corrected chi connectivity index (χ2v) is 11.4. The Labute approximate surface area is 245 Å². The summed E-state index contributed by atoms with van der Waals surface area (Å²) in [7, 11) is 0. The van der Waals surface area contributed by atoms with Crippen LogP contribution in [0.1, 0.15) is 26.3 Å². The Morgan fingerprint density at radius 3 is 2.50 bits per heavy atom. The number of rotatable bonds is 6. The molecular weight excluding hydrogens is 530 g/mol. The van der Waals surface area contributed by atoms with Crippen LogP contribution in [0.15, 0.2) is 72.9 Å². The van der Waals surface area contributed by atoms with Crippen LogP contribution in [0.3, 0.4) is 0 Å². The smallest absolute Gasteiger partial charge is 0.323 e. The Kier molecular flexibility index (Phi) is 7.53. The minimum atomic E-state index is -0.337. The number of morpholine rings is 1. The zero-order valence-electron chi connectivity index (χ0n) is 24.1. The standard InChI is InChI=1S/C33H35N5O4/c1-22(39)38-20-33(2,3)28-18-24(9-12-30(28)38)35-32(40)36-29-11-10-25(26-6-4-5-7-27(26)29)23-8-13-31(34-19-23)42-21-37-14-16-41-17-15-37/h4-13,18-19H,14-17,20-21H2,1-3H3,(H2,35,36,40). The molecule has 9 heteroatoms. The number of nitrogens with one attached hydrogen (secondary N) is 2. The van der Waals surface area contributed by atoms with Crippen LogP contribution >= 0.6 is 0 Å². The first-order valence-electron chi connectivity index (χ1n) is 14.2. The van der Waals surface area contributed by atoms with Gasteiger partial charge in [0.25, 0.3) is 0 Å². The van der Waals surface area contributed by atoms with Crippen molar-refractivity contribution in [1.82, 2.24) is 9.88 Å². The van der Waals surface area contributed by atoms with Gasteiger partial charge in [0.2, 0.25) is 11.8 Å². The van der Waals surface area contributed by atoms with Crippen molar-refractivity contribution in [3.63, 3.8) is 0 Å². The molecule has 3 aromatic carbocycles. The van der Waals surface area contributed by atoms with Gasteiger partial charge in [0, 0.05) is 66.6 Å². The second-order valence-electron chi connectivity index (χ2n) is 11.4. The highest BCUT2D eigenvalue weighted by Crippen LogP contribution is 2.42. The van der Waals surface area contributed by atoms with Gasteiger partial charge in [0.1, 0.15) is 6.73 Å². The van der Waals surface area contributed by atoms with Crippen LogP contribution in [0.2, 0.25) is 0 Å². The van der Waals surface area contributed by atoms with E-state index in [4.69, 9.17) is 9.47 Å². The minimum absolute atomic E-state index is 0.0134. The first-order chi connectivity index (χ1) is 20.3. The zero-order chi connectivity index (χ0) is 29.3. The third-order valence-corrected chi connectivity index (χ3v) is 7.93. The lowest BCUT2D eigenvalue weighted by atomic mass is 9.87. The van der Waals surface area contributed by atoms with Crippen LogP contribution in [0.5, 0.6) is 5.88 Å². The summed E-state index contributed by atoms with van der Waals surface area (Å²) in [5.41, 5.74) is 5.08. The summed E-state index contributed by atoms with van der Waals surface area (Å²) in [5.74, 6) is 0.591. The van der Waals surface area contributed by atoms with Gasteiger partial charge in [0.15, 0.2) is 0 Å². The van der Waals surface area contributed by atoms with Gasteiger partial charge in [-0.2, -0.15) is 0 Å². The van der Waals surface area contributed by atoms with Crippen molar-refractivity contribution in [3.05, 3.63) is 78.5 Å². The van der Waals surface area contributed by atoms with E-state index in [1.54, 1.807) is 11.8 Å². The first kappa shape index (κ1) is 27.7. The number of urea groups is 1. The van der Waals surface area contributed by atoms with Crippen LogP contribution in [0.4, 0.5) is 21.9 Å². The predicted molar refractivity (Wildman–Crippen MR) is 165 cm³/mol. The van der Waals surface area contributed by atoms with Crippen molar-refractivity contribution in [2.45, 2.75) is 26.2 Å². The number of carbonyl (C=O) groups excluding carboxylic acids is 2. The molecule has 2 aliphatic heterocycles. The molecule has 3 amide bonds. The van der Waals surface area contributed by atoms with Gasteiger partial charge in [-0.15, -0.1) is 0 Å². The zero-order valence-corrected chi connectivity index (χ0v) is 24.1. The molecule has 1 aromatic heterocycles. The molecule has 1 saturated heterocycles. The van der Waals surface area contributed by atoms with Gasteiger partial charge in [-0.05, 0) is 46.8 Å². The highest BCUT2D eigenvalue weighted by atomic mass is 16.5. The molecule has 0 atom stereocenters. The number of amides is 3. The first-order valence-corrected chi connectivity index (χ1v) is 14.2. The van der Waals surface area contributed by atoms with E-state index in [2.05, 4.69) is 34.4 Å². The van der Waals surface area contributed by atoms with Crippen molar-refractivity contribution < 1.29 is 19.1 Å². The number of pyridine rings is 1. The van der Waals surface area contributed by atoms with E-state index in [1.807, 2.05) is 72.9 Å². The number of hydrogen-bond acceptors (Lipinski definition) is 6. The summed E-state index contributed by atoms with van der Waals surface area (Å²) in [6.45, 7) is 10.1.